The van der Waals surface area contributed by atoms with Crippen LogP contribution in [0.25, 0.3) is 0 Å². The summed E-state index contributed by atoms with van der Waals surface area (Å²) in [5.41, 5.74) is 1.53. The molecule has 120 valence electrons. The van der Waals surface area contributed by atoms with E-state index >= 15 is 0 Å². The van der Waals surface area contributed by atoms with Crippen LogP contribution in [0.1, 0.15) is 59.2 Å². The highest BCUT2D eigenvalue weighted by atomic mass is 16.5. The van der Waals surface area contributed by atoms with Gasteiger partial charge in [-0.1, -0.05) is 6.92 Å². The maximum Gasteiger partial charge on any atom is 0.0631 e. The molecule has 0 radical (unpaired) electrons. The zero-order valence-electron chi connectivity index (χ0n) is 14.3. The van der Waals surface area contributed by atoms with Gasteiger partial charge >= 0.3 is 0 Å². The average molecular weight is 293 g/mol. The van der Waals surface area contributed by atoms with E-state index in [0.29, 0.717) is 6.04 Å². The van der Waals surface area contributed by atoms with Crippen LogP contribution in [0.4, 0.5) is 0 Å². The molecule has 1 N–H and O–H groups in total. The molecule has 2 atom stereocenters. The molecule has 0 aromatic carbocycles. The lowest BCUT2D eigenvalue weighted by Crippen LogP contribution is -2.45. The van der Waals surface area contributed by atoms with Crippen molar-refractivity contribution in [3.8, 4) is 0 Å². The molecule has 0 bridgehead atoms. The second kappa shape index (κ2) is 6.49. The van der Waals surface area contributed by atoms with Gasteiger partial charge in [0.25, 0.3) is 0 Å². The van der Waals surface area contributed by atoms with Crippen LogP contribution in [-0.4, -0.2) is 35.1 Å². The quantitative estimate of drug-likeness (QED) is 0.875. The lowest BCUT2D eigenvalue weighted by atomic mass is 9.82. The van der Waals surface area contributed by atoms with Gasteiger partial charge in [-0.25, -0.2) is 0 Å². The number of nitrogens with zero attached hydrogens (tertiary/aromatic N) is 2. The highest BCUT2D eigenvalue weighted by Gasteiger charge is 2.36. The van der Waals surface area contributed by atoms with E-state index in [9.17, 15) is 0 Å². The second-order valence-corrected chi connectivity index (χ2v) is 7.63. The third-order valence-electron chi connectivity index (χ3n) is 4.44. The average Bonchev–Trinajstić information content (AvgIpc) is 3.05. The second-order valence-electron chi connectivity index (χ2n) is 7.63. The van der Waals surface area contributed by atoms with Crippen LogP contribution in [0.2, 0.25) is 0 Å². The fraction of sp³-hybridized carbons (Fsp3) is 0.824. The van der Waals surface area contributed by atoms with Crippen molar-refractivity contribution < 1.29 is 4.74 Å². The van der Waals surface area contributed by atoms with Crippen molar-refractivity contribution in [2.75, 3.05) is 19.8 Å². The minimum absolute atomic E-state index is 0.145. The predicted octanol–water partition coefficient (Wildman–Crippen LogP) is 3.19. The monoisotopic (exact) mass is 293 g/mol. The molecule has 1 saturated heterocycles. The lowest BCUT2D eigenvalue weighted by molar-refractivity contribution is 0.143. The molecule has 0 saturated carbocycles. The Kier molecular flexibility index (Phi) is 5.10. The third kappa shape index (κ3) is 4.55. The maximum absolute atomic E-state index is 5.70. The number of hydrogen-bond donors (Lipinski definition) is 1. The van der Waals surface area contributed by atoms with E-state index in [2.05, 4.69) is 56.9 Å². The van der Waals surface area contributed by atoms with Gasteiger partial charge in [0.15, 0.2) is 0 Å². The highest BCUT2D eigenvalue weighted by Crippen LogP contribution is 2.32. The van der Waals surface area contributed by atoms with Crippen LogP contribution in [0.5, 0.6) is 0 Å². The van der Waals surface area contributed by atoms with Gasteiger partial charge < -0.3 is 10.1 Å². The van der Waals surface area contributed by atoms with Crippen LogP contribution in [-0.2, 0) is 11.2 Å². The van der Waals surface area contributed by atoms with Crippen molar-refractivity contribution in [1.82, 2.24) is 15.1 Å². The molecule has 1 aliphatic rings. The van der Waals surface area contributed by atoms with E-state index in [-0.39, 0.29) is 11.0 Å². The Balaban J connectivity index is 2.04. The predicted molar refractivity (Wildman–Crippen MR) is 86.6 cm³/mol. The summed E-state index contributed by atoms with van der Waals surface area (Å²) in [6.45, 7) is 13.8. The van der Waals surface area contributed by atoms with Gasteiger partial charge in [0, 0.05) is 42.8 Å². The minimum Gasteiger partial charge on any atom is -0.381 e. The topological polar surface area (TPSA) is 39.1 Å². The first-order valence-corrected chi connectivity index (χ1v) is 8.20. The van der Waals surface area contributed by atoms with E-state index in [0.717, 1.165) is 39.0 Å². The number of nitrogens with one attached hydrogen (secondary N) is 1. The first kappa shape index (κ1) is 16.5. The molecule has 2 unspecified atom stereocenters. The van der Waals surface area contributed by atoms with Crippen molar-refractivity contribution >= 4 is 0 Å². The van der Waals surface area contributed by atoms with Crippen LogP contribution >= 0.6 is 0 Å². The van der Waals surface area contributed by atoms with Crippen LogP contribution in [0.3, 0.4) is 0 Å². The Morgan fingerprint density at radius 3 is 2.81 bits per heavy atom. The molecule has 0 amide bonds. The molecule has 1 aromatic rings. The zero-order chi connectivity index (χ0) is 15.5. The largest absolute Gasteiger partial charge is 0.381 e. The van der Waals surface area contributed by atoms with E-state index in [1.807, 2.05) is 0 Å². The SMILES string of the molecule is CCC(C)n1ccc(CC2(CNC(C)(C)C)CCOC2)n1. The van der Waals surface area contributed by atoms with Gasteiger partial charge in [0.1, 0.15) is 0 Å². The summed E-state index contributed by atoms with van der Waals surface area (Å²) in [5.74, 6) is 0. The molecule has 1 aliphatic heterocycles. The summed E-state index contributed by atoms with van der Waals surface area (Å²) < 4.78 is 7.79. The molecule has 4 nitrogen and oxygen atoms in total. The van der Waals surface area contributed by atoms with Crippen LogP contribution in [0.15, 0.2) is 12.3 Å². The van der Waals surface area contributed by atoms with Crippen molar-refractivity contribution in [3.05, 3.63) is 18.0 Å². The molecule has 1 fully saturated rings. The maximum atomic E-state index is 5.70. The van der Waals surface area contributed by atoms with Gasteiger partial charge in [-0.3, -0.25) is 4.68 Å². The summed E-state index contributed by atoms with van der Waals surface area (Å²) in [4.78, 5) is 0. The molecule has 2 heterocycles. The zero-order valence-corrected chi connectivity index (χ0v) is 14.3. The lowest BCUT2D eigenvalue weighted by Gasteiger charge is -2.31. The molecule has 0 aliphatic carbocycles. The van der Waals surface area contributed by atoms with Crippen molar-refractivity contribution in [2.24, 2.45) is 5.41 Å². The first-order valence-electron chi connectivity index (χ1n) is 8.20. The Morgan fingerprint density at radius 1 is 1.48 bits per heavy atom. The smallest absolute Gasteiger partial charge is 0.0631 e. The summed E-state index contributed by atoms with van der Waals surface area (Å²) in [6, 6.07) is 2.64. The molecule has 0 spiro atoms. The molecular formula is C17H31N3O. The Morgan fingerprint density at radius 2 is 2.24 bits per heavy atom. The number of aromatic nitrogens is 2. The van der Waals surface area contributed by atoms with Crippen molar-refractivity contribution in [2.45, 2.75) is 65.5 Å². The standard InChI is InChI=1S/C17H31N3O/c1-6-14(2)20-9-7-15(19-20)11-17(8-10-21-13-17)12-18-16(3,4)5/h7,9,14,18H,6,8,10-13H2,1-5H3. The third-order valence-corrected chi connectivity index (χ3v) is 4.44. The summed E-state index contributed by atoms with van der Waals surface area (Å²) in [6.07, 6.45) is 5.34. The number of rotatable bonds is 6. The molecule has 21 heavy (non-hydrogen) atoms. The first-order chi connectivity index (χ1) is 9.84. The normalized spacial score (nSPS) is 24.4. The van der Waals surface area contributed by atoms with Gasteiger partial charge in [0.05, 0.1) is 12.3 Å². The van der Waals surface area contributed by atoms with Crippen molar-refractivity contribution in [3.63, 3.8) is 0 Å². The summed E-state index contributed by atoms with van der Waals surface area (Å²) in [7, 11) is 0. The Labute approximate surface area is 129 Å². The van der Waals surface area contributed by atoms with E-state index < -0.39 is 0 Å². The molecule has 4 heteroatoms. The van der Waals surface area contributed by atoms with Crippen LogP contribution in [0, 0.1) is 5.41 Å². The van der Waals surface area contributed by atoms with E-state index in [1.54, 1.807) is 0 Å². The van der Waals surface area contributed by atoms with Gasteiger partial charge in [-0.2, -0.15) is 5.10 Å². The Bertz CT molecular complexity index is 441. The summed E-state index contributed by atoms with van der Waals surface area (Å²) >= 11 is 0. The van der Waals surface area contributed by atoms with Crippen molar-refractivity contribution in [1.29, 1.82) is 0 Å². The number of ether oxygens (including phenoxy) is 1. The minimum atomic E-state index is 0.145. The molecular weight excluding hydrogens is 262 g/mol. The highest BCUT2D eigenvalue weighted by molar-refractivity contribution is 5.06. The molecule has 2 rings (SSSR count). The molecule has 1 aromatic heterocycles. The Hall–Kier alpha value is -0.870. The summed E-state index contributed by atoms with van der Waals surface area (Å²) in [5, 5.41) is 8.42. The van der Waals surface area contributed by atoms with Crippen LogP contribution < -0.4 is 5.32 Å². The fourth-order valence-corrected chi connectivity index (χ4v) is 2.73. The van der Waals surface area contributed by atoms with Gasteiger partial charge in [-0.15, -0.1) is 0 Å². The van der Waals surface area contributed by atoms with Gasteiger partial charge in [-0.05, 0) is 46.6 Å². The number of hydrogen-bond acceptors (Lipinski definition) is 3. The van der Waals surface area contributed by atoms with E-state index in [1.165, 1.54) is 5.69 Å². The van der Waals surface area contributed by atoms with E-state index in [4.69, 9.17) is 9.84 Å². The fourth-order valence-electron chi connectivity index (χ4n) is 2.73. The van der Waals surface area contributed by atoms with Gasteiger partial charge in [0.2, 0.25) is 0 Å².